The molecule has 1 saturated heterocycles. The maximum atomic E-state index is 13.4. The smallest absolute Gasteiger partial charge is 0.335 e. The zero-order valence-electron chi connectivity index (χ0n) is 23.2. The number of non-ortho nitro benzene ring substituents is 1. The van der Waals surface area contributed by atoms with E-state index in [1.807, 2.05) is 24.3 Å². The standard InChI is InChI=1S/C32H24BrN3O8/c1-42-29-17-22(6-15-28(29)44-19-21-4-9-25(10-5-21)36(40)41)16-27-30(37)34-32(39)35(31(27)38)24-11-13-26(14-12-24)43-18-20-2-7-23(33)8-3-20/h2-17H,18-19H2,1H3,(H,34,37,39)/b27-16+. The van der Waals surface area contributed by atoms with Crippen LogP contribution in [0.25, 0.3) is 6.08 Å². The second-order valence-corrected chi connectivity index (χ2v) is 10.4. The monoisotopic (exact) mass is 657 g/mol. The third-order valence-electron chi connectivity index (χ3n) is 6.56. The van der Waals surface area contributed by atoms with Crippen LogP contribution in [0.2, 0.25) is 0 Å². The van der Waals surface area contributed by atoms with Crippen molar-refractivity contribution in [2.75, 3.05) is 12.0 Å². The van der Waals surface area contributed by atoms with Gasteiger partial charge in [0.05, 0.1) is 17.7 Å². The number of ether oxygens (including phenoxy) is 3. The molecule has 4 amide bonds. The Kier molecular flexibility index (Phi) is 9.01. The van der Waals surface area contributed by atoms with Crippen LogP contribution in [0.15, 0.2) is 101 Å². The van der Waals surface area contributed by atoms with Crippen LogP contribution < -0.4 is 24.4 Å². The van der Waals surface area contributed by atoms with Gasteiger partial charge in [-0.25, -0.2) is 9.69 Å². The van der Waals surface area contributed by atoms with E-state index in [1.165, 1.54) is 25.3 Å². The Morgan fingerprint density at radius 1 is 0.841 bits per heavy atom. The van der Waals surface area contributed by atoms with E-state index in [2.05, 4.69) is 21.2 Å². The lowest BCUT2D eigenvalue weighted by Crippen LogP contribution is -2.54. The average molecular weight is 658 g/mol. The van der Waals surface area contributed by atoms with Crippen molar-refractivity contribution in [2.45, 2.75) is 13.2 Å². The van der Waals surface area contributed by atoms with Gasteiger partial charge >= 0.3 is 6.03 Å². The number of hydrogen-bond acceptors (Lipinski definition) is 8. The van der Waals surface area contributed by atoms with Crippen LogP contribution in [0.5, 0.6) is 17.2 Å². The number of amides is 4. The molecule has 11 nitrogen and oxygen atoms in total. The first-order valence-electron chi connectivity index (χ1n) is 13.1. The maximum absolute atomic E-state index is 13.4. The van der Waals surface area contributed by atoms with Crippen LogP contribution in [-0.2, 0) is 22.8 Å². The molecule has 0 bridgehead atoms. The van der Waals surface area contributed by atoms with Gasteiger partial charge in [0.15, 0.2) is 11.5 Å². The molecule has 5 rings (SSSR count). The third kappa shape index (κ3) is 6.93. The lowest BCUT2D eigenvalue weighted by atomic mass is 10.1. The molecule has 1 N–H and O–H groups in total. The van der Waals surface area contributed by atoms with Gasteiger partial charge in [-0.15, -0.1) is 0 Å². The number of carbonyl (C=O) groups is 3. The van der Waals surface area contributed by atoms with Crippen LogP contribution in [-0.4, -0.2) is 29.9 Å². The molecule has 1 aliphatic heterocycles. The highest BCUT2D eigenvalue weighted by Gasteiger charge is 2.36. The number of nitro groups is 1. The zero-order valence-corrected chi connectivity index (χ0v) is 24.8. The van der Waals surface area contributed by atoms with Crippen molar-refractivity contribution in [2.24, 2.45) is 0 Å². The highest BCUT2D eigenvalue weighted by atomic mass is 79.9. The number of hydrogen-bond donors (Lipinski definition) is 1. The molecule has 0 atom stereocenters. The second kappa shape index (κ2) is 13.2. The minimum Gasteiger partial charge on any atom is -0.493 e. The van der Waals surface area contributed by atoms with E-state index in [9.17, 15) is 24.5 Å². The number of benzene rings is 4. The predicted octanol–water partition coefficient (Wildman–Crippen LogP) is 6.19. The fraction of sp³-hybridized carbons (Fsp3) is 0.0938. The number of urea groups is 1. The summed E-state index contributed by atoms with van der Waals surface area (Å²) >= 11 is 3.39. The van der Waals surface area contributed by atoms with Crippen molar-refractivity contribution in [1.82, 2.24) is 5.32 Å². The Morgan fingerprint density at radius 2 is 1.48 bits per heavy atom. The molecule has 4 aromatic carbocycles. The normalized spacial score (nSPS) is 13.9. The molecule has 0 unspecified atom stereocenters. The van der Waals surface area contributed by atoms with Crippen molar-refractivity contribution in [3.63, 3.8) is 0 Å². The Bertz CT molecular complexity index is 1750. The summed E-state index contributed by atoms with van der Waals surface area (Å²) in [6.07, 6.45) is 1.36. The Labute approximate surface area is 259 Å². The number of nitrogens with zero attached hydrogens (tertiary/aromatic N) is 2. The van der Waals surface area contributed by atoms with Gasteiger partial charge in [0.2, 0.25) is 0 Å². The summed E-state index contributed by atoms with van der Waals surface area (Å²) in [5, 5.41) is 13.1. The Balaban J connectivity index is 1.29. The maximum Gasteiger partial charge on any atom is 0.335 e. The summed E-state index contributed by atoms with van der Waals surface area (Å²) in [7, 11) is 1.44. The molecule has 1 fully saturated rings. The van der Waals surface area contributed by atoms with Crippen LogP contribution in [0, 0.1) is 10.1 Å². The number of nitro benzene ring substituents is 1. The van der Waals surface area contributed by atoms with Crippen molar-refractivity contribution in [1.29, 1.82) is 0 Å². The fourth-order valence-corrected chi connectivity index (χ4v) is 4.53. The van der Waals surface area contributed by atoms with Gasteiger partial charge in [-0.3, -0.25) is 25.0 Å². The summed E-state index contributed by atoms with van der Waals surface area (Å²) in [6, 6.07) is 24.0. The number of carbonyl (C=O) groups excluding carboxylic acids is 3. The predicted molar refractivity (Wildman–Crippen MR) is 164 cm³/mol. The molecule has 0 saturated carbocycles. The quantitative estimate of drug-likeness (QED) is 0.0922. The molecule has 12 heteroatoms. The number of anilines is 1. The van der Waals surface area contributed by atoms with E-state index in [-0.39, 0.29) is 23.6 Å². The first kappa shape index (κ1) is 30.0. The van der Waals surface area contributed by atoms with Gasteiger partial charge in [0.25, 0.3) is 17.5 Å². The van der Waals surface area contributed by atoms with Gasteiger partial charge in [-0.2, -0.15) is 0 Å². The molecule has 4 aromatic rings. The highest BCUT2D eigenvalue weighted by molar-refractivity contribution is 9.10. The molecule has 44 heavy (non-hydrogen) atoms. The minimum atomic E-state index is -0.867. The van der Waals surface area contributed by atoms with Crippen LogP contribution in [0.3, 0.4) is 0 Å². The number of barbiturate groups is 1. The molecule has 0 radical (unpaired) electrons. The Hall–Kier alpha value is -5.49. The molecular weight excluding hydrogens is 634 g/mol. The number of methoxy groups -OCH3 is 1. The third-order valence-corrected chi connectivity index (χ3v) is 7.08. The fourth-order valence-electron chi connectivity index (χ4n) is 4.27. The minimum absolute atomic E-state index is 0.0242. The number of nitrogens with one attached hydrogen (secondary N) is 1. The second-order valence-electron chi connectivity index (χ2n) is 9.49. The van der Waals surface area contributed by atoms with Gasteiger partial charge in [-0.05, 0) is 83.4 Å². The van der Waals surface area contributed by atoms with E-state index in [0.29, 0.717) is 35.0 Å². The van der Waals surface area contributed by atoms with Crippen molar-refractivity contribution in [3.8, 4) is 17.2 Å². The summed E-state index contributed by atoms with van der Waals surface area (Å²) in [5.41, 5.74) is 2.12. The van der Waals surface area contributed by atoms with Crippen LogP contribution in [0.4, 0.5) is 16.2 Å². The van der Waals surface area contributed by atoms with E-state index in [1.54, 1.807) is 54.6 Å². The largest absolute Gasteiger partial charge is 0.493 e. The summed E-state index contributed by atoms with van der Waals surface area (Å²) in [4.78, 5) is 50.0. The van der Waals surface area contributed by atoms with E-state index < -0.39 is 22.8 Å². The van der Waals surface area contributed by atoms with Crippen molar-refractivity contribution < 1.29 is 33.5 Å². The van der Waals surface area contributed by atoms with E-state index in [0.717, 1.165) is 14.9 Å². The average Bonchev–Trinajstić information content (AvgIpc) is 3.02. The van der Waals surface area contributed by atoms with E-state index in [4.69, 9.17) is 14.2 Å². The molecule has 0 aliphatic carbocycles. The molecular formula is C32H24BrN3O8. The first-order chi connectivity index (χ1) is 21.2. The first-order valence-corrected chi connectivity index (χ1v) is 13.9. The molecule has 0 aromatic heterocycles. The molecule has 1 aliphatic rings. The lowest BCUT2D eigenvalue weighted by Gasteiger charge is -2.26. The molecule has 0 spiro atoms. The topological polar surface area (TPSA) is 137 Å². The van der Waals surface area contributed by atoms with Gasteiger partial charge in [0.1, 0.15) is 24.5 Å². The molecule has 1 heterocycles. The van der Waals surface area contributed by atoms with Gasteiger partial charge in [0, 0.05) is 16.6 Å². The summed E-state index contributed by atoms with van der Waals surface area (Å²) < 4.78 is 18.0. The van der Waals surface area contributed by atoms with Crippen LogP contribution >= 0.6 is 15.9 Å². The number of imide groups is 2. The van der Waals surface area contributed by atoms with Gasteiger partial charge in [-0.1, -0.05) is 34.1 Å². The van der Waals surface area contributed by atoms with Crippen LogP contribution in [0.1, 0.15) is 16.7 Å². The van der Waals surface area contributed by atoms with Crippen molar-refractivity contribution in [3.05, 3.63) is 128 Å². The zero-order chi connectivity index (χ0) is 31.2. The van der Waals surface area contributed by atoms with Gasteiger partial charge < -0.3 is 14.2 Å². The summed E-state index contributed by atoms with van der Waals surface area (Å²) in [6.45, 7) is 0.461. The number of rotatable bonds is 10. The number of halogens is 1. The van der Waals surface area contributed by atoms with E-state index >= 15 is 0 Å². The lowest BCUT2D eigenvalue weighted by molar-refractivity contribution is -0.384. The summed E-state index contributed by atoms with van der Waals surface area (Å²) in [5.74, 6) is -0.373. The molecule has 222 valence electrons. The highest BCUT2D eigenvalue weighted by Crippen LogP contribution is 2.31. The van der Waals surface area contributed by atoms with Crippen molar-refractivity contribution >= 4 is 51.2 Å². The SMILES string of the molecule is COc1cc(/C=C2\C(=O)NC(=O)N(c3ccc(OCc4ccc(Br)cc4)cc3)C2=O)ccc1OCc1ccc([N+](=O)[O-])cc1. The Morgan fingerprint density at radius 3 is 2.11 bits per heavy atom.